The van der Waals surface area contributed by atoms with E-state index in [1.54, 1.807) is 18.2 Å². The molecule has 0 aliphatic heterocycles. The van der Waals surface area contributed by atoms with Crippen LogP contribution in [0, 0.1) is 11.3 Å². The van der Waals surface area contributed by atoms with Crippen LogP contribution in [0.1, 0.15) is 12.5 Å². The number of nitrogens with one attached hydrogen (secondary N) is 1. The Bertz CT molecular complexity index is 410. The average molecular weight is 221 g/mol. The van der Waals surface area contributed by atoms with Gasteiger partial charge in [-0.05, 0) is 25.1 Å². The summed E-state index contributed by atoms with van der Waals surface area (Å²) in [6, 6.07) is 6.89. The van der Waals surface area contributed by atoms with E-state index in [9.17, 15) is 5.11 Å². The standard InChI is InChI=1S/C11H15N3O2/c1-11(16,7-15)6-14-10-3-2-9(13)4-8(10)5-12/h2-4,14-16H,6-7,13H2,1H3. The van der Waals surface area contributed by atoms with Crippen molar-refractivity contribution in [3.8, 4) is 6.07 Å². The highest BCUT2D eigenvalue weighted by molar-refractivity contribution is 5.63. The van der Waals surface area contributed by atoms with E-state index in [2.05, 4.69) is 5.32 Å². The normalized spacial score (nSPS) is 13.9. The number of nitrogen functional groups attached to an aromatic ring is 1. The van der Waals surface area contributed by atoms with E-state index in [0.717, 1.165) is 0 Å². The fourth-order valence-corrected chi connectivity index (χ4v) is 1.15. The molecule has 0 fully saturated rings. The zero-order chi connectivity index (χ0) is 12.2. The van der Waals surface area contributed by atoms with Gasteiger partial charge >= 0.3 is 0 Å². The quantitative estimate of drug-likeness (QED) is 0.547. The van der Waals surface area contributed by atoms with Crippen molar-refractivity contribution in [2.75, 3.05) is 24.2 Å². The van der Waals surface area contributed by atoms with Crippen LogP contribution in [0.4, 0.5) is 11.4 Å². The van der Waals surface area contributed by atoms with Gasteiger partial charge in [-0.2, -0.15) is 5.26 Å². The van der Waals surface area contributed by atoms with Crippen molar-refractivity contribution in [1.29, 1.82) is 5.26 Å². The first-order valence-corrected chi connectivity index (χ1v) is 4.85. The maximum absolute atomic E-state index is 9.58. The summed E-state index contributed by atoms with van der Waals surface area (Å²) in [7, 11) is 0. The molecule has 0 aliphatic rings. The van der Waals surface area contributed by atoms with Crippen LogP contribution in [0.5, 0.6) is 0 Å². The molecular weight excluding hydrogens is 206 g/mol. The van der Waals surface area contributed by atoms with Crippen molar-refractivity contribution in [1.82, 2.24) is 0 Å². The summed E-state index contributed by atoms with van der Waals surface area (Å²) in [4.78, 5) is 0. The summed E-state index contributed by atoms with van der Waals surface area (Å²) in [6.07, 6.45) is 0. The summed E-state index contributed by atoms with van der Waals surface area (Å²) in [6.45, 7) is 1.31. The van der Waals surface area contributed by atoms with Crippen LogP contribution < -0.4 is 11.1 Å². The maximum atomic E-state index is 9.58. The molecule has 16 heavy (non-hydrogen) atoms. The first-order valence-electron chi connectivity index (χ1n) is 4.85. The highest BCUT2D eigenvalue weighted by atomic mass is 16.3. The summed E-state index contributed by atoms with van der Waals surface area (Å²) in [5.41, 5.74) is 5.84. The molecule has 5 nitrogen and oxygen atoms in total. The predicted molar refractivity (Wildman–Crippen MR) is 61.8 cm³/mol. The van der Waals surface area contributed by atoms with Crippen molar-refractivity contribution in [3.05, 3.63) is 23.8 Å². The number of aliphatic hydroxyl groups excluding tert-OH is 1. The Morgan fingerprint density at radius 2 is 2.25 bits per heavy atom. The maximum Gasteiger partial charge on any atom is 0.102 e. The van der Waals surface area contributed by atoms with Crippen molar-refractivity contribution in [2.24, 2.45) is 0 Å². The van der Waals surface area contributed by atoms with E-state index < -0.39 is 5.60 Å². The Morgan fingerprint density at radius 3 is 2.81 bits per heavy atom. The third-order valence-electron chi connectivity index (χ3n) is 2.16. The van der Waals surface area contributed by atoms with Gasteiger partial charge in [0.1, 0.15) is 11.7 Å². The van der Waals surface area contributed by atoms with Crippen molar-refractivity contribution in [3.63, 3.8) is 0 Å². The fourth-order valence-electron chi connectivity index (χ4n) is 1.15. The zero-order valence-electron chi connectivity index (χ0n) is 9.07. The zero-order valence-corrected chi connectivity index (χ0v) is 9.07. The molecule has 0 saturated heterocycles. The molecule has 0 aromatic heterocycles. The van der Waals surface area contributed by atoms with Crippen molar-refractivity contribution < 1.29 is 10.2 Å². The summed E-state index contributed by atoms with van der Waals surface area (Å²) >= 11 is 0. The molecule has 0 spiro atoms. The summed E-state index contributed by atoms with van der Waals surface area (Å²) in [5.74, 6) is 0. The monoisotopic (exact) mass is 221 g/mol. The molecule has 1 rings (SSSR count). The van der Waals surface area contributed by atoms with Crippen LogP contribution >= 0.6 is 0 Å². The van der Waals surface area contributed by atoms with Crippen LogP contribution in [-0.4, -0.2) is 29.0 Å². The molecule has 0 amide bonds. The van der Waals surface area contributed by atoms with Crippen LogP contribution in [0.15, 0.2) is 18.2 Å². The molecule has 86 valence electrons. The van der Waals surface area contributed by atoms with Gasteiger partial charge in [-0.25, -0.2) is 0 Å². The van der Waals surface area contributed by atoms with Gasteiger partial charge in [0.25, 0.3) is 0 Å². The van der Waals surface area contributed by atoms with Gasteiger partial charge in [-0.1, -0.05) is 0 Å². The molecule has 1 aromatic rings. The lowest BCUT2D eigenvalue weighted by Crippen LogP contribution is -2.37. The largest absolute Gasteiger partial charge is 0.399 e. The molecule has 5 heteroatoms. The van der Waals surface area contributed by atoms with E-state index in [1.807, 2.05) is 6.07 Å². The Balaban J connectivity index is 2.79. The van der Waals surface area contributed by atoms with Gasteiger partial charge in [0, 0.05) is 12.2 Å². The number of anilines is 2. The number of rotatable bonds is 4. The van der Waals surface area contributed by atoms with Gasteiger partial charge in [-0.3, -0.25) is 0 Å². The van der Waals surface area contributed by atoms with Crippen LogP contribution in [0.25, 0.3) is 0 Å². The average Bonchev–Trinajstić information content (AvgIpc) is 2.27. The number of hydrogen-bond donors (Lipinski definition) is 4. The van der Waals surface area contributed by atoms with Crippen LogP contribution in [0.3, 0.4) is 0 Å². The smallest absolute Gasteiger partial charge is 0.102 e. The molecule has 1 unspecified atom stereocenters. The topological polar surface area (TPSA) is 102 Å². The molecule has 1 aromatic carbocycles. The number of nitrogens with zero attached hydrogens (tertiary/aromatic N) is 1. The summed E-state index contributed by atoms with van der Waals surface area (Å²) < 4.78 is 0. The molecule has 0 bridgehead atoms. The number of hydrogen-bond acceptors (Lipinski definition) is 5. The lowest BCUT2D eigenvalue weighted by molar-refractivity contribution is 0.0132. The second-order valence-corrected chi connectivity index (χ2v) is 3.93. The van der Waals surface area contributed by atoms with Gasteiger partial charge in [0.15, 0.2) is 0 Å². The van der Waals surface area contributed by atoms with Crippen molar-refractivity contribution >= 4 is 11.4 Å². The first kappa shape index (κ1) is 12.3. The van der Waals surface area contributed by atoms with Crippen molar-refractivity contribution in [2.45, 2.75) is 12.5 Å². The molecule has 5 N–H and O–H groups in total. The number of nitrogens with two attached hydrogens (primary N) is 1. The Morgan fingerprint density at radius 1 is 1.56 bits per heavy atom. The first-order chi connectivity index (χ1) is 7.48. The third kappa shape index (κ3) is 3.12. The lowest BCUT2D eigenvalue weighted by atomic mass is 10.1. The second kappa shape index (κ2) is 4.84. The second-order valence-electron chi connectivity index (χ2n) is 3.93. The molecular formula is C11H15N3O2. The predicted octanol–water partition coefficient (Wildman–Crippen LogP) is 0.296. The minimum atomic E-state index is -1.21. The highest BCUT2D eigenvalue weighted by Gasteiger charge is 2.18. The minimum absolute atomic E-state index is 0.155. The molecule has 0 aliphatic carbocycles. The van der Waals surface area contributed by atoms with Crippen LogP contribution in [-0.2, 0) is 0 Å². The molecule has 1 atom stereocenters. The highest BCUT2D eigenvalue weighted by Crippen LogP contribution is 2.18. The number of aliphatic hydroxyl groups is 2. The van der Waals surface area contributed by atoms with E-state index >= 15 is 0 Å². The Labute approximate surface area is 94.1 Å². The van der Waals surface area contributed by atoms with Gasteiger partial charge in [0.2, 0.25) is 0 Å². The van der Waals surface area contributed by atoms with E-state index in [1.165, 1.54) is 6.92 Å². The number of benzene rings is 1. The third-order valence-corrected chi connectivity index (χ3v) is 2.16. The van der Waals surface area contributed by atoms with E-state index in [0.29, 0.717) is 16.9 Å². The van der Waals surface area contributed by atoms with Crippen LogP contribution in [0.2, 0.25) is 0 Å². The Hall–Kier alpha value is -1.77. The number of nitriles is 1. The molecule has 0 saturated carbocycles. The minimum Gasteiger partial charge on any atom is -0.399 e. The van der Waals surface area contributed by atoms with Gasteiger partial charge in [-0.15, -0.1) is 0 Å². The molecule has 0 heterocycles. The SMILES string of the molecule is CC(O)(CO)CNc1ccc(N)cc1C#N. The summed E-state index contributed by atoms with van der Waals surface area (Å²) in [5, 5.41) is 30.2. The van der Waals surface area contributed by atoms with E-state index in [-0.39, 0.29) is 13.2 Å². The van der Waals surface area contributed by atoms with E-state index in [4.69, 9.17) is 16.1 Å². The van der Waals surface area contributed by atoms with Gasteiger partial charge < -0.3 is 21.3 Å². The Kier molecular flexibility index (Phi) is 3.72. The fraction of sp³-hybridized carbons (Fsp3) is 0.364. The molecule has 0 radical (unpaired) electrons. The van der Waals surface area contributed by atoms with Gasteiger partial charge in [0.05, 0.1) is 17.9 Å². The lowest BCUT2D eigenvalue weighted by Gasteiger charge is -2.21.